The number of rotatable bonds is 6. The fourth-order valence-corrected chi connectivity index (χ4v) is 0.727. The average Bonchev–Trinajstić information content (AvgIpc) is 2.02. The Morgan fingerprint density at radius 2 is 2.08 bits per heavy atom. The molecule has 13 heavy (non-hydrogen) atoms. The number of hydrogen-bond donors (Lipinski definition) is 1. The number of aliphatic carboxylic acids is 1. The molecule has 0 bridgehead atoms. The Hall–Kier alpha value is -1.10. The van der Waals surface area contributed by atoms with E-state index in [9.17, 15) is 9.59 Å². The Kier molecular flexibility index (Phi) is 5.88. The predicted octanol–water partition coefficient (Wildman–Crippen LogP) is -0.0440. The van der Waals surface area contributed by atoms with Crippen molar-refractivity contribution in [1.29, 1.82) is 0 Å². The van der Waals surface area contributed by atoms with Gasteiger partial charge in [-0.25, -0.2) is 0 Å². The van der Waals surface area contributed by atoms with Crippen LogP contribution in [0.15, 0.2) is 0 Å². The van der Waals surface area contributed by atoms with Crippen LogP contribution in [0.4, 0.5) is 0 Å². The maximum Gasteiger partial charge on any atom is 0.317 e. The van der Waals surface area contributed by atoms with Crippen molar-refractivity contribution in [2.45, 2.75) is 13.3 Å². The van der Waals surface area contributed by atoms with Crippen LogP contribution in [0.2, 0.25) is 0 Å². The number of nitrogens with zero attached hydrogens (tertiary/aromatic N) is 1. The molecular formula is C8H15NO4. The molecule has 0 saturated heterocycles. The Bertz CT molecular complexity index is 181. The fourth-order valence-electron chi connectivity index (χ4n) is 0.727. The Morgan fingerprint density at radius 3 is 2.54 bits per heavy atom. The molecule has 0 aromatic rings. The molecule has 5 heteroatoms. The number of carboxylic acids is 1. The molecule has 0 aromatic carbocycles. The number of carboxylic acid groups (broad SMARTS) is 1. The van der Waals surface area contributed by atoms with Crippen LogP contribution >= 0.6 is 0 Å². The van der Waals surface area contributed by atoms with E-state index in [0.717, 1.165) is 0 Å². The molecule has 0 rings (SSSR count). The van der Waals surface area contributed by atoms with Gasteiger partial charge in [-0.3, -0.25) is 14.5 Å². The van der Waals surface area contributed by atoms with Gasteiger partial charge < -0.3 is 9.84 Å². The summed E-state index contributed by atoms with van der Waals surface area (Å²) in [4.78, 5) is 22.4. The Labute approximate surface area is 77.3 Å². The van der Waals surface area contributed by atoms with Crippen LogP contribution in [-0.2, 0) is 14.3 Å². The maximum atomic E-state index is 10.7. The first kappa shape index (κ1) is 11.9. The second kappa shape index (κ2) is 6.42. The highest BCUT2D eigenvalue weighted by molar-refractivity contribution is 5.69. The van der Waals surface area contributed by atoms with Gasteiger partial charge in [0.05, 0.1) is 6.54 Å². The van der Waals surface area contributed by atoms with Gasteiger partial charge in [0.2, 0.25) is 0 Å². The van der Waals surface area contributed by atoms with Crippen molar-refractivity contribution in [2.75, 3.05) is 26.7 Å². The van der Waals surface area contributed by atoms with Crippen molar-refractivity contribution < 1.29 is 19.4 Å². The summed E-state index contributed by atoms with van der Waals surface area (Å²) in [7, 11) is 1.66. The number of likely N-dealkylation sites (N-methyl/N-ethyl adjacent to an activating group) is 1. The lowest BCUT2D eigenvalue weighted by Crippen LogP contribution is -2.29. The molecule has 5 nitrogen and oxygen atoms in total. The zero-order valence-corrected chi connectivity index (χ0v) is 7.95. The van der Waals surface area contributed by atoms with Crippen LogP contribution in [0.1, 0.15) is 13.3 Å². The summed E-state index contributed by atoms with van der Waals surface area (Å²) in [6, 6.07) is 0. The van der Waals surface area contributed by atoms with E-state index in [-0.39, 0.29) is 19.1 Å². The van der Waals surface area contributed by atoms with Crippen LogP contribution < -0.4 is 0 Å². The third kappa shape index (κ3) is 7.27. The largest absolute Gasteiger partial charge is 0.480 e. The second-order valence-corrected chi connectivity index (χ2v) is 2.71. The molecular weight excluding hydrogens is 174 g/mol. The number of esters is 1. The normalized spacial score (nSPS) is 10.1. The predicted molar refractivity (Wildman–Crippen MR) is 46.4 cm³/mol. The van der Waals surface area contributed by atoms with Crippen LogP contribution in [0.3, 0.4) is 0 Å². The van der Waals surface area contributed by atoms with E-state index in [1.807, 2.05) is 0 Å². The second-order valence-electron chi connectivity index (χ2n) is 2.71. The van der Waals surface area contributed by atoms with E-state index < -0.39 is 5.97 Å². The van der Waals surface area contributed by atoms with Gasteiger partial charge in [-0.15, -0.1) is 0 Å². The lowest BCUT2D eigenvalue weighted by atomic mass is 10.5. The van der Waals surface area contributed by atoms with Gasteiger partial charge in [0.25, 0.3) is 0 Å². The van der Waals surface area contributed by atoms with E-state index in [0.29, 0.717) is 13.0 Å². The fraction of sp³-hybridized carbons (Fsp3) is 0.750. The molecule has 1 N–H and O–H groups in total. The van der Waals surface area contributed by atoms with E-state index in [1.54, 1.807) is 18.9 Å². The Morgan fingerprint density at radius 1 is 1.46 bits per heavy atom. The average molecular weight is 189 g/mol. The van der Waals surface area contributed by atoms with Crippen LogP contribution in [-0.4, -0.2) is 48.7 Å². The van der Waals surface area contributed by atoms with Crippen LogP contribution in [0.25, 0.3) is 0 Å². The van der Waals surface area contributed by atoms with Gasteiger partial charge in [-0.1, -0.05) is 6.92 Å². The van der Waals surface area contributed by atoms with E-state index in [1.165, 1.54) is 0 Å². The lowest BCUT2D eigenvalue weighted by Gasteiger charge is -2.13. The topological polar surface area (TPSA) is 66.8 Å². The van der Waals surface area contributed by atoms with Crippen molar-refractivity contribution in [2.24, 2.45) is 0 Å². The van der Waals surface area contributed by atoms with Crippen LogP contribution in [0.5, 0.6) is 0 Å². The molecule has 0 spiro atoms. The Balaban J connectivity index is 3.42. The van der Waals surface area contributed by atoms with E-state index >= 15 is 0 Å². The smallest absolute Gasteiger partial charge is 0.317 e. The van der Waals surface area contributed by atoms with Gasteiger partial charge in [-0.05, 0) is 7.05 Å². The molecule has 0 unspecified atom stereocenters. The number of hydrogen-bond acceptors (Lipinski definition) is 4. The van der Waals surface area contributed by atoms with Gasteiger partial charge in [0, 0.05) is 13.0 Å². The summed E-state index contributed by atoms with van der Waals surface area (Å²) >= 11 is 0. The zero-order valence-electron chi connectivity index (χ0n) is 7.95. The molecule has 0 atom stereocenters. The molecule has 0 radical (unpaired) electrons. The minimum Gasteiger partial charge on any atom is -0.480 e. The molecule has 0 saturated carbocycles. The number of carbonyl (C=O) groups excluding carboxylic acids is 1. The molecule has 0 aliphatic rings. The quantitative estimate of drug-likeness (QED) is 0.594. The van der Waals surface area contributed by atoms with Crippen molar-refractivity contribution in [3.8, 4) is 0 Å². The SMILES string of the molecule is CCC(=O)OCCN(C)CC(=O)O. The van der Waals surface area contributed by atoms with Crippen molar-refractivity contribution in [3.05, 3.63) is 0 Å². The summed E-state index contributed by atoms with van der Waals surface area (Å²) < 4.78 is 4.77. The number of carbonyl (C=O) groups is 2. The van der Waals surface area contributed by atoms with Gasteiger partial charge >= 0.3 is 11.9 Å². The molecule has 0 aliphatic carbocycles. The molecule has 0 aromatic heterocycles. The van der Waals surface area contributed by atoms with Crippen molar-refractivity contribution in [1.82, 2.24) is 4.90 Å². The summed E-state index contributed by atoms with van der Waals surface area (Å²) in [5, 5.41) is 8.39. The number of ether oxygens (including phenoxy) is 1. The highest BCUT2D eigenvalue weighted by atomic mass is 16.5. The van der Waals surface area contributed by atoms with Gasteiger partial charge in [0.1, 0.15) is 6.61 Å². The summed E-state index contributed by atoms with van der Waals surface area (Å²) in [5.74, 6) is -1.15. The first-order chi connectivity index (χ1) is 6.06. The summed E-state index contributed by atoms with van der Waals surface area (Å²) in [6.07, 6.45) is 0.350. The molecule has 0 aliphatic heterocycles. The standard InChI is InChI=1S/C8H15NO4/c1-3-8(12)13-5-4-9(2)6-7(10)11/h3-6H2,1-2H3,(H,10,11). The zero-order chi connectivity index (χ0) is 10.3. The minimum absolute atomic E-state index is 0.0380. The van der Waals surface area contributed by atoms with Crippen molar-refractivity contribution in [3.63, 3.8) is 0 Å². The first-order valence-electron chi connectivity index (χ1n) is 4.12. The summed E-state index contributed by atoms with van der Waals surface area (Å²) in [6.45, 7) is 2.36. The monoisotopic (exact) mass is 189 g/mol. The maximum absolute atomic E-state index is 10.7. The molecule has 0 amide bonds. The summed E-state index contributed by atoms with van der Waals surface area (Å²) in [5.41, 5.74) is 0. The molecule has 76 valence electrons. The van der Waals surface area contributed by atoms with Crippen LogP contribution in [0, 0.1) is 0 Å². The van der Waals surface area contributed by atoms with Gasteiger partial charge in [-0.2, -0.15) is 0 Å². The minimum atomic E-state index is -0.885. The molecule has 0 fully saturated rings. The molecule has 0 heterocycles. The third-order valence-electron chi connectivity index (χ3n) is 1.43. The van der Waals surface area contributed by atoms with E-state index in [2.05, 4.69) is 0 Å². The highest BCUT2D eigenvalue weighted by Gasteiger charge is 2.04. The third-order valence-corrected chi connectivity index (χ3v) is 1.43. The highest BCUT2D eigenvalue weighted by Crippen LogP contribution is 1.87. The van der Waals surface area contributed by atoms with Crippen molar-refractivity contribution >= 4 is 11.9 Å². The van der Waals surface area contributed by atoms with Gasteiger partial charge in [0.15, 0.2) is 0 Å². The first-order valence-corrected chi connectivity index (χ1v) is 4.12. The van der Waals surface area contributed by atoms with E-state index in [4.69, 9.17) is 9.84 Å². The lowest BCUT2D eigenvalue weighted by molar-refractivity contribution is -0.143.